The molecule has 0 aliphatic rings. The van der Waals surface area contributed by atoms with Crippen LogP contribution in [0.5, 0.6) is 0 Å². The third-order valence-corrected chi connectivity index (χ3v) is 2.63. The topological polar surface area (TPSA) is 37.3 Å². The van der Waals surface area contributed by atoms with Crippen molar-refractivity contribution in [3.05, 3.63) is 34.1 Å². The van der Waals surface area contributed by atoms with Gasteiger partial charge in [0, 0.05) is 10.0 Å². The second kappa shape index (κ2) is 3.69. The van der Waals surface area contributed by atoms with Gasteiger partial charge >= 0.3 is 5.97 Å². The lowest BCUT2D eigenvalue weighted by Crippen LogP contribution is -2.29. The number of aliphatic carboxylic acids is 1. The fourth-order valence-electron chi connectivity index (χ4n) is 1.09. The molecule has 0 spiro atoms. The van der Waals surface area contributed by atoms with E-state index in [4.69, 9.17) is 5.11 Å². The van der Waals surface area contributed by atoms with Crippen LogP contribution in [0.25, 0.3) is 0 Å². The van der Waals surface area contributed by atoms with Gasteiger partial charge in [0.15, 0.2) is 0 Å². The Hall–Kier alpha value is -0.900. The molecule has 1 aromatic rings. The summed E-state index contributed by atoms with van der Waals surface area (Å²) >= 11 is 3.18. The van der Waals surface area contributed by atoms with E-state index in [2.05, 4.69) is 15.9 Å². The van der Waals surface area contributed by atoms with Crippen LogP contribution in [0.15, 0.2) is 22.7 Å². The van der Waals surface area contributed by atoms with Crippen molar-refractivity contribution in [3.8, 4) is 0 Å². The lowest BCUT2D eigenvalue weighted by Gasteiger charge is -2.20. The van der Waals surface area contributed by atoms with Crippen LogP contribution in [-0.4, -0.2) is 11.1 Å². The average Bonchev–Trinajstić information content (AvgIpc) is 2.08. The molecule has 0 amide bonds. The maximum atomic E-state index is 13.3. The van der Waals surface area contributed by atoms with Crippen LogP contribution >= 0.6 is 15.9 Å². The third-order valence-electron chi connectivity index (χ3n) is 2.14. The van der Waals surface area contributed by atoms with Crippen LogP contribution in [0.3, 0.4) is 0 Å². The van der Waals surface area contributed by atoms with Gasteiger partial charge in [0.05, 0.1) is 5.41 Å². The second-order valence-corrected chi connectivity index (χ2v) is 4.47. The van der Waals surface area contributed by atoms with Crippen molar-refractivity contribution in [2.24, 2.45) is 0 Å². The van der Waals surface area contributed by atoms with Crippen LogP contribution in [0, 0.1) is 5.82 Å². The van der Waals surface area contributed by atoms with Crippen LogP contribution in [0.2, 0.25) is 0 Å². The number of hydrogen-bond donors (Lipinski definition) is 1. The minimum Gasteiger partial charge on any atom is -0.481 e. The van der Waals surface area contributed by atoms with Gasteiger partial charge in [0.2, 0.25) is 0 Å². The standard InChI is InChI=1S/C10H10BrFO2/c1-10(2,9(13)14)7-5-6(11)3-4-8(7)12/h3-5H,1-2H3,(H,13,14). The summed E-state index contributed by atoms with van der Waals surface area (Å²) in [5.41, 5.74) is -1.03. The fraction of sp³-hybridized carbons (Fsp3) is 0.300. The Morgan fingerprint density at radius 1 is 1.50 bits per heavy atom. The van der Waals surface area contributed by atoms with Crippen molar-refractivity contribution in [2.45, 2.75) is 19.3 Å². The Morgan fingerprint density at radius 2 is 2.07 bits per heavy atom. The molecule has 1 N–H and O–H groups in total. The molecule has 0 aliphatic heterocycles. The summed E-state index contributed by atoms with van der Waals surface area (Å²) < 4.78 is 14.0. The van der Waals surface area contributed by atoms with Gasteiger partial charge in [-0.25, -0.2) is 4.39 Å². The minimum absolute atomic E-state index is 0.180. The zero-order chi connectivity index (χ0) is 10.9. The normalized spacial score (nSPS) is 11.4. The molecule has 0 saturated carbocycles. The number of carboxylic acids is 1. The molecule has 0 heterocycles. The molecule has 4 heteroatoms. The highest BCUT2D eigenvalue weighted by molar-refractivity contribution is 9.10. The summed E-state index contributed by atoms with van der Waals surface area (Å²) in [6.45, 7) is 2.94. The van der Waals surface area contributed by atoms with Crippen LogP contribution in [0.1, 0.15) is 19.4 Å². The molecule has 0 saturated heterocycles. The third kappa shape index (κ3) is 1.95. The highest BCUT2D eigenvalue weighted by atomic mass is 79.9. The maximum absolute atomic E-state index is 13.3. The lowest BCUT2D eigenvalue weighted by molar-refractivity contribution is -0.142. The van der Waals surface area contributed by atoms with Gasteiger partial charge in [-0.2, -0.15) is 0 Å². The highest BCUT2D eigenvalue weighted by Gasteiger charge is 2.32. The average molecular weight is 261 g/mol. The van der Waals surface area contributed by atoms with Crippen molar-refractivity contribution in [1.29, 1.82) is 0 Å². The SMILES string of the molecule is CC(C)(C(=O)O)c1cc(Br)ccc1F. The number of carboxylic acid groups (broad SMARTS) is 1. The van der Waals surface area contributed by atoms with Crippen LogP contribution in [-0.2, 0) is 10.2 Å². The van der Waals surface area contributed by atoms with E-state index < -0.39 is 17.2 Å². The number of hydrogen-bond acceptors (Lipinski definition) is 1. The van der Waals surface area contributed by atoms with Crippen LogP contribution in [0.4, 0.5) is 4.39 Å². The first-order valence-electron chi connectivity index (χ1n) is 4.04. The van der Waals surface area contributed by atoms with E-state index in [1.807, 2.05) is 0 Å². The predicted molar refractivity (Wildman–Crippen MR) is 54.8 cm³/mol. The quantitative estimate of drug-likeness (QED) is 0.888. The number of carbonyl (C=O) groups is 1. The van der Waals surface area contributed by atoms with E-state index in [0.29, 0.717) is 4.47 Å². The van der Waals surface area contributed by atoms with Crippen molar-refractivity contribution in [2.75, 3.05) is 0 Å². The van der Waals surface area contributed by atoms with E-state index in [1.165, 1.54) is 32.0 Å². The molecule has 0 aliphatic carbocycles. The molecule has 0 bridgehead atoms. The van der Waals surface area contributed by atoms with Crippen molar-refractivity contribution >= 4 is 21.9 Å². The van der Waals surface area contributed by atoms with Crippen LogP contribution < -0.4 is 0 Å². The molecule has 76 valence electrons. The van der Waals surface area contributed by atoms with Crippen molar-refractivity contribution < 1.29 is 14.3 Å². The maximum Gasteiger partial charge on any atom is 0.313 e. The first-order chi connectivity index (χ1) is 6.35. The Kier molecular flexibility index (Phi) is 2.95. The molecule has 1 rings (SSSR count). The Labute approximate surface area is 89.9 Å². The molecule has 2 nitrogen and oxygen atoms in total. The molecular weight excluding hydrogens is 251 g/mol. The molecule has 0 unspecified atom stereocenters. The molecule has 14 heavy (non-hydrogen) atoms. The Bertz CT molecular complexity index is 374. The minimum atomic E-state index is -1.21. The number of benzene rings is 1. The van der Waals surface area contributed by atoms with Crippen molar-refractivity contribution in [3.63, 3.8) is 0 Å². The molecule has 0 atom stereocenters. The van der Waals surface area contributed by atoms with E-state index in [0.717, 1.165) is 0 Å². The van der Waals surface area contributed by atoms with E-state index in [-0.39, 0.29) is 5.56 Å². The van der Waals surface area contributed by atoms with Gasteiger partial charge in [-0.1, -0.05) is 15.9 Å². The smallest absolute Gasteiger partial charge is 0.313 e. The van der Waals surface area contributed by atoms with Gasteiger partial charge in [-0.15, -0.1) is 0 Å². The molecule has 0 radical (unpaired) electrons. The number of rotatable bonds is 2. The second-order valence-electron chi connectivity index (χ2n) is 3.55. The van der Waals surface area contributed by atoms with Crippen molar-refractivity contribution in [1.82, 2.24) is 0 Å². The Balaban J connectivity index is 3.31. The summed E-state index contributed by atoms with van der Waals surface area (Å²) in [5.74, 6) is -1.55. The summed E-state index contributed by atoms with van der Waals surface area (Å²) in [4.78, 5) is 10.9. The van der Waals surface area contributed by atoms with Gasteiger partial charge in [-0.05, 0) is 32.0 Å². The molecule has 0 aromatic heterocycles. The van der Waals surface area contributed by atoms with E-state index in [1.54, 1.807) is 0 Å². The summed E-state index contributed by atoms with van der Waals surface area (Å²) in [6, 6.07) is 4.28. The molecule has 1 aromatic carbocycles. The monoisotopic (exact) mass is 260 g/mol. The van der Waals surface area contributed by atoms with E-state index in [9.17, 15) is 9.18 Å². The van der Waals surface area contributed by atoms with Gasteiger partial charge < -0.3 is 5.11 Å². The Morgan fingerprint density at radius 3 is 2.57 bits per heavy atom. The zero-order valence-corrected chi connectivity index (χ0v) is 9.43. The summed E-state index contributed by atoms with van der Waals surface area (Å²) in [7, 11) is 0. The van der Waals surface area contributed by atoms with Gasteiger partial charge in [0.1, 0.15) is 5.82 Å². The lowest BCUT2D eigenvalue weighted by atomic mass is 9.84. The summed E-state index contributed by atoms with van der Waals surface area (Å²) in [6.07, 6.45) is 0. The number of halogens is 2. The van der Waals surface area contributed by atoms with E-state index >= 15 is 0 Å². The highest BCUT2D eigenvalue weighted by Crippen LogP contribution is 2.28. The largest absolute Gasteiger partial charge is 0.481 e. The summed E-state index contributed by atoms with van der Waals surface area (Å²) in [5, 5.41) is 8.93. The van der Waals surface area contributed by atoms with Gasteiger partial charge in [0.25, 0.3) is 0 Å². The zero-order valence-electron chi connectivity index (χ0n) is 7.84. The molecule has 0 fully saturated rings. The molecular formula is C10H10BrFO2. The first kappa shape index (κ1) is 11.2. The fourth-order valence-corrected chi connectivity index (χ4v) is 1.45. The predicted octanol–water partition coefficient (Wildman–Crippen LogP) is 2.95. The van der Waals surface area contributed by atoms with Gasteiger partial charge in [-0.3, -0.25) is 4.79 Å². The first-order valence-corrected chi connectivity index (χ1v) is 4.84.